The molecule has 0 spiro atoms. The normalized spacial score (nSPS) is 10.1. The molecule has 0 aliphatic carbocycles. The molecule has 0 fully saturated rings. The molecule has 0 atom stereocenters. The summed E-state index contributed by atoms with van der Waals surface area (Å²) in [5, 5.41) is 9.34. The topological polar surface area (TPSA) is 42.4 Å². The van der Waals surface area contributed by atoms with Gasteiger partial charge in [-0.25, -0.2) is 0 Å². The molecule has 0 saturated heterocycles. The highest BCUT2D eigenvalue weighted by atomic mass is 16.5. The van der Waals surface area contributed by atoms with E-state index in [1.807, 2.05) is 24.4 Å². The third kappa shape index (κ3) is 2.31. The molecule has 0 bridgehead atoms. The molecule has 0 amide bonds. The van der Waals surface area contributed by atoms with Gasteiger partial charge in [0.25, 0.3) is 0 Å². The van der Waals surface area contributed by atoms with E-state index in [9.17, 15) is 5.11 Å². The van der Waals surface area contributed by atoms with Gasteiger partial charge in [0.15, 0.2) is 0 Å². The number of aromatic nitrogens is 1. The molecule has 2 aromatic rings. The van der Waals surface area contributed by atoms with Crippen LogP contribution in [0.3, 0.4) is 0 Å². The van der Waals surface area contributed by atoms with Crippen molar-refractivity contribution in [2.24, 2.45) is 0 Å². The van der Waals surface area contributed by atoms with E-state index in [0.29, 0.717) is 5.75 Å². The molecule has 0 aliphatic heterocycles. The first-order chi connectivity index (χ1) is 7.79. The van der Waals surface area contributed by atoms with E-state index in [1.165, 1.54) is 0 Å². The molecule has 16 heavy (non-hydrogen) atoms. The standard InChI is InChI=1S/C13H13NO2/c1-16-13-8-12(15)5-4-11(13)7-10-3-2-6-14-9-10/h2-6,8-9,15H,7H2,1H3. The molecule has 3 heteroatoms. The lowest BCUT2D eigenvalue weighted by Gasteiger charge is -2.08. The minimum absolute atomic E-state index is 0.215. The fourth-order valence-electron chi connectivity index (χ4n) is 1.60. The van der Waals surface area contributed by atoms with Crippen LogP contribution in [0.2, 0.25) is 0 Å². The fourth-order valence-corrected chi connectivity index (χ4v) is 1.60. The van der Waals surface area contributed by atoms with Crippen molar-refractivity contribution in [1.82, 2.24) is 4.98 Å². The Morgan fingerprint density at radius 3 is 2.88 bits per heavy atom. The second kappa shape index (κ2) is 4.66. The summed E-state index contributed by atoms with van der Waals surface area (Å²) < 4.78 is 5.22. The summed E-state index contributed by atoms with van der Waals surface area (Å²) in [6.07, 6.45) is 4.32. The van der Waals surface area contributed by atoms with E-state index < -0.39 is 0 Å². The van der Waals surface area contributed by atoms with Crippen molar-refractivity contribution in [2.45, 2.75) is 6.42 Å². The predicted octanol–water partition coefficient (Wildman–Crippen LogP) is 2.39. The summed E-state index contributed by atoms with van der Waals surface area (Å²) in [6, 6.07) is 9.06. The first kappa shape index (κ1) is 10.5. The van der Waals surface area contributed by atoms with Crippen LogP contribution in [0.15, 0.2) is 42.7 Å². The van der Waals surface area contributed by atoms with Crippen LogP contribution in [0.1, 0.15) is 11.1 Å². The largest absolute Gasteiger partial charge is 0.508 e. The van der Waals surface area contributed by atoms with E-state index in [2.05, 4.69) is 4.98 Å². The zero-order valence-corrected chi connectivity index (χ0v) is 9.05. The van der Waals surface area contributed by atoms with Crippen LogP contribution in [0.25, 0.3) is 0 Å². The number of ether oxygens (including phenoxy) is 1. The first-order valence-electron chi connectivity index (χ1n) is 5.04. The maximum absolute atomic E-state index is 9.34. The van der Waals surface area contributed by atoms with Gasteiger partial charge in [0.05, 0.1) is 7.11 Å². The molecule has 1 N–H and O–H groups in total. The Kier molecular flexibility index (Phi) is 3.05. The third-order valence-electron chi connectivity index (χ3n) is 2.39. The van der Waals surface area contributed by atoms with Crippen LogP contribution < -0.4 is 4.74 Å². The van der Waals surface area contributed by atoms with Gasteiger partial charge in [0.2, 0.25) is 0 Å². The fraction of sp³-hybridized carbons (Fsp3) is 0.154. The summed E-state index contributed by atoms with van der Waals surface area (Å²) in [5.41, 5.74) is 2.15. The minimum Gasteiger partial charge on any atom is -0.508 e. The van der Waals surface area contributed by atoms with Crippen molar-refractivity contribution in [2.75, 3.05) is 7.11 Å². The Morgan fingerprint density at radius 1 is 1.31 bits per heavy atom. The summed E-state index contributed by atoms with van der Waals surface area (Å²) in [6.45, 7) is 0. The van der Waals surface area contributed by atoms with Gasteiger partial charge in [0, 0.05) is 24.9 Å². The quantitative estimate of drug-likeness (QED) is 0.854. The lowest BCUT2D eigenvalue weighted by Crippen LogP contribution is -1.93. The Hall–Kier alpha value is -2.03. The van der Waals surface area contributed by atoms with Crippen molar-refractivity contribution in [1.29, 1.82) is 0 Å². The van der Waals surface area contributed by atoms with Gasteiger partial charge in [-0.15, -0.1) is 0 Å². The number of benzene rings is 1. The Labute approximate surface area is 94.3 Å². The molecular weight excluding hydrogens is 202 g/mol. The predicted molar refractivity (Wildman–Crippen MR) is 61.7 cm³/mol. The van der Waals surface area contributed by atoms with Gasteiger partial charge in [-0.2, -0.15) is 0 Å². The van der Waals surface area contributed by atoms with Gasteiger partial charge in [-0.3, -0.25) is 4.98 Å². The SMILES string of the molecule is COc1cc(O)ccc1Cc1cccnc1. The molecular formula is C13H13NO2. The molecule has 0 radical (unpaired) electrons. The van der Waals surface area contributed by atoms with Gasteiger partial charge in [0.1, 0.15) is 11.5 Å². The van der Waals surface area contributed by atoms with Crippen molar-refractivity contribution < 1.29 is 9.84 Å². The van der Waals surface area contributed by atoms with Crippen molar-refractivity contribution in [3.63, 3.8) is 0 Å². The number of hydrogen-bond donors (Lipinski definition) is 1. The van der Waals surface area contributed by atoms with Crippen molar-refractivity contribution in [3.8, 4) is 11.5 Å². The summed E-state index contributed by atoms with van der Waals surface area (Å²) in [4.78, 5) is 4.06. The number of methoxy groups -OCH3 is 1. The second-order valence-electron chi connectivity index (χ2n) is 3.53. The molecule has 3 nitrogen and oxygen atoms in total. The average Bonchev–Trinajstić information content (AvgIpc) is 2.33. The van der Waals surface area contributed by atoms with Crippen LogP contribution in [-0.2, 0) is 6.42 Å². The highest BCUT2D eigenvalue weighted by Crippen LogP contribution is 2.25. The van der Waals surface area contributed by atoms with Crippen molar-refractivity contribution in [3.05, 3.63) is 53.9 Å². The maximum Gasteiger partial charge on any atom is 0.126 e. The maximum atomic E-state index is 9.34. The molecule has 2 rings (SSSR count). The Bertz CT molecular complexity index is 469. The van der Waals surface area contributed by atoms with Crippen LogP contribution in [-0.4, -0.2) is 17.2 Å². The number of nitrogens with zero attached hydrogens (tertiary/aromatic N) is 1. The highest BCUT2D eigenvalue weighted by Gasteiger charge is 2.04. The molecule has 0 aliphatic rings. The number of phenolic OH excluding ortho intramolecular Hbond substituents is 1. The second-order valence-corrected chi connectivity index (χ2v) is 3.53. The van der Waals surface area contributed by atoms with E-state index in [0.717, 1.165) is 17.5 Å². The number of phenols is 1. The van der Waals surface area contributed by atoms with Gasteiger partial charge in [-0.1, -0.05) is 12.1 Å². The van der Waals surface area contributed by atoms with Gasteiger partial charge in [-0.05, 0) is 23.3 Å². The first-order valence-corrected chi connectivity index (χ1v) is 5.04. The summed E-state index contributed by atoms with van der Waals surface area (Å²) in [5.74, 6) is 0.913. The number of rotatable bonds is 3. The molecule has 0 saturated carbocycles. The van der Waals surface area contributed by atoms with Crippen LogP contribution in [0.4, 0.5) is 0 Å². The molecule has 1 heterocycles. The number of hydrogen-bond acceptors (Lipinski definition) is 3. The summed E-state index contributed by atoms with van der Waals surface area (Å²) in [7, 11) is 1.60. The van der Waals surface area contributed by atoms with Crippen molar-refractivity contribution >= 4 is 0 Å². The lowest BCUT2D eigenvalue weighted by atomic mass is 10.1. The lowest BCUT2D eigenvalue weighted by molar-refractivity contribution is 0.403. The smallest absolute Gasteiger partial charge is 0.126 e. The highest BCUT2D eigenvalue weighted by molar-refractivity contribution is 5.42. The summed E-state index contributed by atoms with van der Waals surface area (Å²) >= 11 is 0. The van der Waals surface area contributed by atoms with Crippen LogP contribution in [0, 0.1) is 0 Å². The Balaban J connectivity index is 2.28. The Morgan fingerprint density at radius 2 is 2.19 bits per heavy atom. The third-order valence-corrected chi connectivity index (χ3v) is 2.39. The minimum atomic E-state index is 0.215. The zero-order valence-electron chi connectivity index (χ0n) is 9.05. The van der Waals surface area contributed by atoms with Gasteiger partial charge < -0.3 is 9.84 Å². The zero-order chi connectivity index (χ0) is 11.4. The average molecular weight is 215 g/mol. The number of aromatic hydroxyl groups is 1. The molecule has 82 valence electrons. The van der Waals surface area contributed by atoms with E-state index >= 15 is 0 Å². The monoisotopic (exact) mass is 215 g/mol. The van der Waals surface area contributed by atoms with E-state index in [-0.39, 0.29) is 5.75 Å². The molecule has 1 aromatic heterocycles. The molecule has 1 aromatic carbocycles. The molecule has 0 unspecified atom stereocenters. The van der Waals surface area contributed by atoms with Gasteiger partial charge >= 0.3 is 0 Å². The van der Waals surface area contributed by atoms with E-state index in [4.69, 9.17) is 4.74 Å². The number of pyridine rings is 1. The van der Waals surface area contributed by atoms with Crippen LogP contribution in [0.5, 0.6) is 11.5 Å². The van der Waals surface area contributed by atoms with Crippen LogP contribution >= 0.6 is 0 Å². The van der Waals surface area contributed by atoms with E-state index in [1.54, 1.807) is 25.4 Å².